The fraction of sp³-hybridized carbons (Fsp3) is 0.188. The summed E-state index contributed by atoms with van der Waals surface area (Å²) in [6.45, 7) is 1.73. The van der Waals surface area contributed by atoms with Crippen LogP contribution in [0.2, 0.25) is 0 Å². The summed E-state index contributed by atoms with van der Waals surface area (Å²) in [5.74, 6) is -0.713. The van der Waals surface area contributed by atoms with Crippen molar-refractivity contribution in [3.05, 3.63) is 54.6 Å². The molecule has 0 fully saturated rings. The molecular formula is C16H15FO3. The van der Waals surface area contributed by atoms with Crippen molar-refractivity contribution in [1.29, 1.82) is 0 Å². The average Bonchev–Trinajstić information content (AvgIpc) is 2.49. The highest BCUT2D eigenvalue weighted by molar-refractivity contribution is 5.75. The van der Waals surface area contributed by atoms with Crippen LogP contribution in [0.25, 0.3) is 11.1 Å². The molecule has 2 aromatic rings. The molecule has 0 aliphatic rings. The summed E-state index contributed by atoms with van der Waals surface area (Å²) >= 11 is 0. The number of rotatable bonds is 5. The van der Waals surface area contributed by atoms with Crippen molar-refractivity contribution in [1.82, 2.24) is 0 Å². The van der Waals surface area contributed by atoms with E-state index in [0.717, 1.165) is 11.1 Å². The number of alkyl halides is 1. The highest BCUT2D eigenvalue weighted by Gasteiger charge is 2.21. The van der Waals surface area contributed by atoms with Crippen molar-refractivity contribution < 1.29 is 18.7 Å². The molecule has 0 amide bonds. The van der Waals surface area contributed by atoms with Crippen LogP contribution in [0, 0.1) is 0 Å². The maximum Gasteiger partial charge on any atom is 0.381 e. The third kappa shape index (κ3) is 3.35. The number of hydrogen-bond donors (Lipinski definition) is 0. The van der Waals surface area contributed by atoms with Crippen LogP contribution >= 0.6 is 0 Å². The Morgan fingerprint density at radius 1 is 1.10 bits per heavy atom. The number of halogens is 1. The van der Waals surface area contributed by atoms with E-state index < -0.39 is 12.3 Å². The molecule has 0 aliphatic heterocycles. The lowest BCUT2D eigenvalue weighted by Crippen LogP contribution is -2.24. The highest BCUT2D eigenvalue weighted by Crippen LogP contribution is 2.30. The zero-order valence-electron chi connectivity index (χ0n) is 11.1. The lowest BCUT2D eigenvalue weighted by molar-refractivity contribution is -0.159. The van der Waals surface area contributed by atoms with E-state index in [1.807, 2.05) is 42.5 Å². The molecule has 0 aliphatic carbocycles. The first-order chi connectivity index (χ1) is 9.72. The lowest BCUT2D eigenvalue weighted by atomic mass is 10.1. The van der Waals surface area contributed by atoms with Crippen LogP contribution < -0.4 is 4.74 Å². The van der Waals surface area contributed by atoms with Crippen LogP contribution in [-0.4, -0.2) is 18.9 Å². The predicted molar refractivity (Wildman–Crippen MR) is 74.0 cm³/mol. The van der Waals surface area contributed by atoms with E-state index in [1.54, 1.807) is 19.1 Å². The summed E-state index contributed by atoms with van der Waals surface area (Å²) in [5, 5.41) is 0. The first-order valence-electron chi connectivity index (χ1n) is 6.34. The molecule has 0 spiro atoms. The van der Waals surface area contributed by atoms with E-state index in [0.29, 0.717) is 5.75 Å². The van der Waals surface area contributed by atoms with E-state index in [4.69, 9.17) is 4.74 Å². The number of hydrogen-bond acceptors (Lipinski definition) is 3. The van der Waals surface area contributed by atoms with Crippen LogP contribution in [0.15, 0.2) is 54.6 Å². The number of para-hydroxylation sites is 1. The minimum atomic E-state index is -2.13. The first-order valence-corrected chi connectivity index (χ1v) is 6.34. The minimum absolute atomic E-state index is 0.114. The van der Waals surface area contributed by atoms with Gasteiger partial charge in [-0.15, -0.1) is 0 Å². The van der Waals surface area contributed by atoms with E-state index >= 15 is 0 Å². The second-order valence-corrected chi connectivity index (χ2v) is 4.05. The molecule has 0 saturated heterocycles. The highest BCUT2D eigenvalue weighted by atomic mass is 19.1. The number of carbonyl (C=O) groups excluding carboxylic acids is 1. The molecule has 2 aromatic carbocycles. The normalized spacial score (nSPS) is 11.7. The van der Waals surface area contributed by atoms with Crippen molar-refractivity contribution in [3.8, 4) is 16.9 Å². The van der Waals surface area contributed by atoms with Crippen molar-refractivity contribution in [2.75, 3.05) is 6.61 Å². The molecule has 104 valence electrons. The number of esters is 1. The summed E-state index contributed by atoms with van der Waals surface area (Å²) in [6.07, 6.45) is -2.13. The lowest BCUT2D eigenvalue weighted by Gasteiger charge is -2.14. The van der Waals surface area contributed by atoms with E-state index in [-0.39, 0.29) is 6.61 Å². The van der Waals surface area contributed by atoms with Gasteiger partial charge in [-0.3, -0.25) is 0 Å². The average molecular weight is 274 g/mol. The number of ether oxygens (including phenoxy) is 2. The molecule has 2 rings (SSSR count). The Hall–Kier alpha value is -2.36. The molecular weight excluding hydrogens is 259 g/mol. The number of benzene rings is 2. The van der Waals surface area contributed by atoms with Gasteiger partial charge in [0.1, 0.15) is 5.75 Å². The van der Waals surface area contributed by atoms with Gasteiger partial charge in [0.05, 0.1) is 6.61 Å². The van der Waals surface area contributed by atoms with E-state index in [1.165, 1.54) is 0 Å². The van der Waals surface area contributed by atoms with Gasteiger partial charge in [0, 0.05) is 5.56 Å². The van der Waals surface area contributed by atoms with Crippen molar-refractivity contribution >= 4 is 5.97 Å². The summed E-state index contributed by atoms with van der Waals surface area (Å²) in [5.41, 5.74) is 1.61. The maximum absolute atomic E-state index is 13.7. The summed E-state index contributed by atoms with van der Waals surface area (Å²) in [6, 6.07) is 16.4. The predicted octanol–water partition coefficient (Wildman–Crippen LogP) is 3.59. The molecule has 1 unspecified atom stereocenters. The Kier molecular flexibility index (Phi) is 4.71. The summed E-state index contributed by atoms with van der Waals surface area (Å²) in [4.78, 5) is 11.3. The van der Waals surface area contributed by atoms with Gasteiger partial charge < -0.3 is 9.47 Å². The topological polar surface area (TPSA) is 35.5 Å². The van der Waals surface area contributed by atoms with Gasteiger partial charge in [-0.1, -0.05) is 48.5 Å². The van der Waals surface area contributed by atoms with Crippen LogP contribution in [0.4, 0.5) is 4.39 Å². The van der Waals surface area contributed by atoms with Crippen molar-refractivity contribution in [2.24, 2.45) is 0 Å². The molecule has 0 bridgehead atoms. The Labute approximate surface area is 117 Å². The fourth-order valence-electron chi connectivity index (χ4n) is 1.79. The van der Waals surface area contributed by atoms with E-state index in [2.05, 4.69) is 4.74 Å². The van der Waals surface area contributed by atoms with Crippen LogP contribution in [-0.2, 0) is 9.53 Å². The molecule has 4 heteroatoms. The molecule has 3 nitrogen and oxygen atoms in total. The van der Waals surface area contributed by atoms with E-state index in [9.17, 15) is 9.18 Å². The molecule has 20 heavy (non-hydrogen) atoms. The smallest absolute Gasteiger partial charge is 0.381 e. The molecule has 0 saturated carbocycles. The third-order valence-electron chi connectivity index (χ3n) is 2.67. The second-order valence-electron chi connectivity index (χ2n) is 4.05. The van der Waals surface area contributed by atoms with Gasteiger partial charge in [-0.05, 0) is 18.6 Å². The quantitative estimate of drug-likeness (QED) is 0.782. The van der Waals surface area contributed by atoms with Gasteiger partial charge in [-0.2, -0.15) is 4.39 Å². The number of carbonyl (C=O) groups is 1. The van der Waals surface area contributed by atoms with Crippen LogP contribution in [0.1, 0.15) is 6.92 Å². The zero-order valence-corrected chi connectivity index (χ0v) is 11.1. The monoisotopic (exact) mass is 274 g/mol. The fourth-order valence-corrected chi connectivity index (χ4v) is 1.79. The van der Waals surface area contributed by atoms with Crippen molar-refractivity contribution in [3.63, 3.8) is 0 Å². The van der Waals surface area contributed by atoms with Gasteiger partial charge in [0.25, 0.3) is 0 Å². The van der Waals surface area contributed by atoms with Gasteiger partial charge >= 0.3 is 12.3 Å². The SMILES string of the molecule is CCOC(=O)C(F)Oc1ccccc1-c1ccccc1. The maximum atomic E-state index is 13.7. The van der Waals surface area contributed by atoms with Gasteiger partial charge in [-0.25, -0.2) is 4.79 Å². The molecule has 1 atom stereocenters. The Morgan fingerprint density at radius 3 is 2.45 bits per heavy atom. The van der Waals surface area contributed by atoms with Gasteiger partial charge in [0.2, 0.25) is 0 Å². The summed E-state index contributed by atoms with van der Waals surface area (Å²) in [7, 11) is 0. The molecule has 0 heterocycles. The van der Waals surface area contributed by atoms with Crippen LogP contribution in [0.5, 0.6) is 5.75 Å². The van der Waals surface area contributed by atoms with Gasteiger partial charge in [0.15, 0.2) is 0 Å². The Balaban J connectivity index is 2.23. The summed E-state index contributed by atoms with van der Waals surface area (Å²) < 4.78 is 23.3. The van der Waals surface area contributed by atoms with Crippen molar-refractivity contribution in [2.45, 2.75) is 13.3 Å². The zero-order chi connectivity index (χ0) is 14.4. The Morgan fingerprint density at radius 2 is 1.75 bits per heavy atom. The minimum Gasteiger partial charge on any atom is -0.461 e. The molecule has 0 radical (unpaired) electrons. The standard InChI is InChI=1S/C16H15FO3/c1-2-19-16(18)15(17)20-14-11-7-6-10-13(14)12-8-4-3-5-9-12/h3-11,15H,2H2,1H3. The Bertz CT molecular complexity index is 569. The second kappa shape index (κ2) is 6.70. The first kappa shape index (κ1) is 14.1. The third-order valence-corrected chi connectivity index (χ3v) is 2.67. The largest absolute Gasteiger partial charge is 0.461 e. The molecule has 0 N–H and O–H groups in total. The van der Waals surface area contributed by atoms with Crippen LogP contribution in [0.3, 0.4) is 0 Å². The molecule has 0 aromatic heterocycles.